The minimum absolute atomic E-state index is 0.00884. The number of amides is 1. The number of benzene rings is 3. The lowest BCUT2D eigenvalue weighted by molar-refractivity contribution is -0.137. The molecule has 0 spiro atoms. The second kappa shape index (κ2) is 11.4. The molecule has 0 aliphatic rings. The zero-order valence-corrected chi connectivity index (χ0v) is 20.4. The van der Waals surface area contributed by atoms with Gasteiger partial charge in [-0.25, -0.2) is 4.68 Å². The molecule has 0 aliphatic carbocycles. The van der Waals surface area contributed by atoms with Gasteiger partial charge in [-0.3, -0.25) is 4.79 Å². The van der Waals surface area contributed by atoms with E-state index >= 15 is 0 Å². The first-order valence-electron chi connectivity index (χ1n) is 11.3. The molecule has 11 heteroatoms. The van der Waals surface area contributed by atoms with Gasteiger partial charge in [0, 0.05) is 28.4 Å². The molecule has 1 heterocycles. The summed E-state index contributed by atoms with van der Waals surface area (Å²) < 4.78 is 52.1. The summed E-state index contributed by atoms with van der Waals surface area (Å²) in [6.45, 7) is 2.85. The number of hydrogen-bond donors (Lipinski definition) is 1. The zero-order valence-electron chi connectivity index (χ0n) is 19.6. The summed E-state index contributed by atoms with van der Waals surface area (Å²) in [5.74, 6) is -0.182. The number of anilines is 1. The van der Waals surface area contributed by atoms with Crippen molar-refractivity contribution >= 4 is 23.2 Å². The predicted molar refractivity (Wildman–Crippen MR) is 133 cm³/mol. The van der Waals surface area contributed by atoms with Gasteiger partial charge in [-0.05, 0) is 61.5 Å². The van der Waals surface area contributed by atoms with Crippen LogP contribution in [0, 0.1) is 0 Å². The van der Waals surface area contributed by atoms with Crippen molar-refractivity contribution in [3.63, 3.8) is 0 Å². The second-order valence-electron chi connectivity index (χ2n) is 7.77. The Hall–Kier alpha value is -3.89. The first kappa shape index (κ1) is 26.2. The fourth-order valence-corrected chi connectivity index (χ4v) is 3.60. The van der Waals surface area contributed by atoms with Crippen LogP contribution in [0.25, 0.3) is 17.1 Å². The largest absolute Gasteiger partial charge is 0.460 e. The monoisotopic (exact) mass is 530 g/mol. The summed E-state index contributed by atoms with van der Waals surface area (Å²) in [4.78, 5) is 16.8. The topological polar surface area (TPSA) is 78.3 Å². The Morgan fingerprint density at radius 2 is 1.78 bits per heavy atom. The van der Waals surface area contributed by atoms with Gasteiger partial charge >= 0.3 is 12.2 Å². The molecule has 1 amide bonds. The molecule has 0 atom stereocenters. The highest BCUT2D eigenvalue weighted by Crippen LogP contribution is 2.33. The number of nitrogens with zero attached hydrogens (tertiary/aromatic N) is 3. The Kier molecular flexibility index (Phi) is 8.10. The van der Waals surface area contributed by atoms with Crippen LogP contribution in [-0.4, -0.2) is 40.5 Å². The minimum atomic E-state index is -4.51. The molecular weight excluding hydrogens is 509 g/mol. The minimum Gasteiger partial charge on any atom is -0.460 e. The average molecular weight is 531 g/mol. The van der Waals surface area contributed by atoms with Crippen LogP contribution in [0.3, 0.4) is 0 Å². The van der Waals surface area contributed by atoms with Gasteiger partial charge < -0.3 is 14.8 Å². The van der Waals surface area contributed by atoms with Crippen molar-refractivity contribution in [3.05, 3.63) is 88.9 Å². The van der Waals surface area contributed by atoms with E-state index in [1.807, 2.05) is 6.92 Å². The van der Waals surface area contributed by atoms with E-state index in [4.69, 9.17) is 21.1 Å². The molecule has 1 aromatic heterocycles. The van der Waals surface area contributed by atoms with Crippen molar-refractivity contribution < 1.29 is 27.4 Å². The van der Waals surface area contributed by atoms with Gasteiger partial charge in [-0.1, -0.05) is 29.8 Å². The summed E-state index contributed by atoms with van der Waals surface area (Å²) in [6, 6.07) is 17.9. The van der Waals surface area contributed by atoms with Crippen molar-refractivity contribution in [3.8, 4) is 23.1 Å². The van der Waals surface area contributed by atoms with E-state index in [0.717, 1.165) is 12.1 Å². The van der Waals surface area contributed by atoms with E-state index in [0.29, 0.717) is 35.2 Å². The third kappa shape index (κ3) is 6.66. The van der Waals surface area contributed by atoms with Crippen LogP contribution < -0.4 is 10.1 Å². The number of ether oxygens (including phenoxy) is 2. The standard InChI is InChI=1S/C26H22ClF3N4O3/c1-2-36-13-14-37-25-32-23(17-5-3-7-19(15-17)26(28,29)30)34(33-25)22-11-9-21(10-12-22)31-24(35)18-6-4-8-20(27)16-18/h3-12,15-16H,2,13-14H2,1H3,(H,31,35). The molecule has 0 saturated heterocycles. The number of halogens is 4. The Balaban J connectivity index is 1.62. The molecule has 1 N–H and O–H groups in total. The van der Waals surface area contributed by atoms with E-state index in [2.05, 4.69) is 15.4 Å². The molecule has 0 fully saturated rings. The molecule has 0 unspecified atom stereocenters. The number of hydrogen-bond acceptors (Lipinski definition) is 5. The maximum atomic E-state index is 13.3. The number of rotatable bonds is 9. The van der Waals surface area contributed by atoms with Gasteiger partial charge in [-0.2, -0.15) is 18.2 Å². The van der Waals surface area contributed by atoms with E-state index in [9.17, 15) is 18.0 Å². The van der Waals surface area contributed by atoms with Crippen LogP contribution in [0.1, 0.15) is 22.8 Å². The van der Waals surface area contributed by atoms with Gasteiger partial charge in [0.05, 0.1) is 17.9 Å². The first-order chi connectivity index (χ1) is 17.7. The third-order valence-electron chi connectivity index (χ3n) is 5.16. The fraction of sp³-hybridized carbons (Fsp3) is 0.192. The smallest absolute Gasteiger partial charge is 0.416 e. The van der Waals surface area contributed by atoms with Crippen molar-refractivity contribution in [2.24, 2.45) is 0 Å². The van der Waals surface area contributed by atoms with Crippen molar-refractivity contribution in [1.29, 1.82) is 0 Å². The van der Waals surface area contributed by atoms with Gasteiger partial charge in [0.1, 0.15) is 6.61 Å². The summed E-state index contributed by atoms with van der Waals surface area (Å²) in [7, 11) is 0. The molecule has 0 saturated carbocycles. The van der Waals surface area contributed by atoms with E-state index in [-0.39, 0.29) is 29.9 Å². The van der Waals surface area contributed by atoms with Gasteiger partial charge in [0.2, 0.25) is 0 Å². The van der Waals surface area contributed by atoms with Crippen LogP contribution in [-0.2, 0) is 10.9 Å². The Bertz CT molecular complexity index is 1370. The molecule has 0 bridgehead atoms. The molecule has 4 rings (SSSR count). The van der Waals surface area contributed by atoms with E-state index in [1.165, 1.54) is 16.8 Å². The molecular formula is C26H22ClF3N4O3. The van der Waals surface area contributed by atoms with Crippen LogP contribution in [0.15, 0.2) is 72.8 Å². The quantitative estimate of drug-likeness (QED) is 0.258. The lowest BCUT2D eigenvalue weighted by Gasteiger charge is -2.10. The maximum absolute atomic E-state index is 13.3. The van der Waals surface area contributed by atoms with Gasteiger partial charge in [0.25, 0.3) is 5.91 Å². The molecule has 192 valence electrons. The lowest BCUT2D eigenvalue weighted by Crippen LogP contribution is -2.11. The van der Waals surface area contributed by atoms with E-state index in [1.54, 1.807) is 48.5 Å². The van der Waals surface area contributed by atoms with Crippen molar-refractivity contribution in [2.45, 2.75) is 13.1 Å². The molecule has 7 nitrogen and oxygen atoms in total. The van der Waals surface area contributed by atoms with Crippen LogP contribution >= 0.6 is 11.6 Å². The normalized spacial score (nSPS) is 11.4. The van der Waals surface area contributed by atoms with Crippen molar-refractivity contribution in [2.75, 3.05) is 25.1 Å². The summed E-state index contributed by atoms with van der Waals surface area (Å²) in [5.41, 5.74) is 0.800. The SMILES string of the molecule is CCOCCOc1nc(-c2cccc(C(F)(F)F)c2)n(-c2ccc(NC(=O)c3cccc(Cl)c3)cc2)n1. The molecule has 0 radical (unpaired) electrons. The lowest BCUT2D eigenvalue weighted by atomic mass is 10.1. The number of nitrogens with one attached hydrogen (secondary N) is 1. The highest BCUT2D eigenvalue weighted by molar-refractivity contribution is 6.31. The van der Waals surface area contributed by atoms with Gasteiger partial charge in [0.15, 0.2) is 5.82 Å². The van der Waals surface area contributed by atoms with Crippen molar-refractivity contribution in [1.82, 2.24) is 14.8 Å². The summed E-state index contributed by atoms with van der Waals surface area (Å²) in [6.07, 6.45) is -4.51. The predicted octanol–water partition coefficient (Wildman–Crippen LogP) is 6.27. The van der Waals surface area contributed by atoms with Crippen LogP contribution in [0.5, 0.6) is 6.01 Å². The highest BCUT2D eigenvalue weighted by Gasteiger charge is 2.31. The Morgan fingerprint density at radius 3 is 2.49 bits per heavy atom. The third-order valence-corrected chi connectivity index (χ3v) is 5.39. The molecule has 4 aromatic rings. The second-order valence-corrected chi connectivity index (χ2v) is 8.20. The highest BCUT2D eigenvalue weighted by atomic mass is 35.5. The summed E-state index contributed by atoms with van der Waals surface area (Å²) in [5, 5.41) is 7.55. The zero-order chi connectivity index (χ0) is 26.4. The van der Waals surface area contributed by atoms with Gasteiger partial charge in [-0.15, -0.1) is 5.10 Å². The molecule has 37 heavy (non-hydrogen) atoms. The Labute approximate surface area is 215 Å². The molecule has 0 aliphatic heterocycles. The molecule has 3 aromatic carbocycles. The van der Waals surface area contributed by atoms with E-state index < -0.39 is 11.7 Å². The maximum Gasteiger partial charge on any atom is 0.416 e. The number of carbonyl (C=O) groups is 1. The van der Waals surface area contributed by atoms with Crippen LogP contribution in [0.4, 0.5) is 18.9 Å². The van der Waals surface area contributed by atoms with Crippen LogP contribution in [0.2, 0.25) is 5.02 Å². The average Bonchev–Trinajstić information content (AvgIpc) is 3.31. The first-order valence-corrected chi connectivity index (χ1v) is 11.6. The fourth-order valence-electron chi connectivity index (χ4n) is 3.41. The Morgan fingerprint density at radius 1 is 1.03 bits per heavy atom. The number of carbonyl (C=O) groups excluding carboxylic acids is 1. The number of alkyl halides is 3. The summed E-state index contributed by atoms with van der Waals surface area (Å²) >= 11 is 5.95. The number of aromatic nitrogens is 3.